The highest BCUT2D eigenvalue weighted by molar-refractivity contribution is 7.99. The van der Waals surface area contributed by atoms with Crippen molar-refractivity contribution in [1.82, 2.24) is 0 Å². The van der Waals surface area contributed by atoms with Crippen molar-refractivity contribution in [3.63, 3.8) is 0 Å². The van der Waals surface area contributed by atoms with Gasteiger partial charge in [0.2, 0.25) is 0 Å². The van der Waals surface area contributed by atoms with E-state index in [9.17, 15) is 0 Å². The molecule has 2 aromatic rings. The normalized spacial score (nSPS) is 12.3. The van der Waals surface area contributed by atoms with E-state index in [4.69, 9.17) is 4.99 Å². The highest BCUT2D eigenvalue weighted by Crippen LogP contribution is 2.28. The first kappa shape index (κ1) is 17.7. The molecule has 0 fully saturated rings. The molecule has 0 amide bonds. The first-order valence-corrected chi connectivity index (χ1v) is 9.85. The fourth-order valence-electron chi connectivity index (χ4n) is 2.25. The lowest BCUT2D eigenvalue weighted by Crippen LogP contribution is -1.99. The molecule has 0 aliphatic rings. The summed E-state index contributed by atoms with van der Waals surface area (Å²) in [5.74, 6) is 0. The summed E-state index contributed by atoms with van der Waals surface area (Å²) in [5.41, 5.74) is 4.21. The van der Waals surface area contributed by atoms with Crippen molar-refractivity contribution < 1.29 is 0 Å². The largest absolute Gasteiger partial charge is 0.358 e. The van der Waals surface area contributed by atoms with Gasteiger partial charge in [0.15, 0.2) is 0 Å². The maximum absolute atomic E-state index is 4.73. The van der Waals surface area contributed by atoms with Gasteiger partial charge in [-0.05, 0) is 56.7 Å². The first-order chi connectivity index (χ1) is 11.1. The van der Waals surface area contributed by atoms with E-state index in [0.717, 1.165) is 22.8 Å². The smallest absolute Gasteiger partial charge is 0.0768 e. The summed E-state index contributed by atoms with van der Waals surface area (Å²) in [7, 11) is 0. The topological polar surface area (TPSA) is 24.4 Å². The molecule has 2 aromatic carbocycles. The molecule has 1 N–H and O–H groups in total. The van der Waals surface area contributed by atoms with Gasteiger partial charge in [-0.25, -0.2) is 0 Å². The molecule has 0 aliphatic carbocycles. The van der Waals surface area contributed by atoms with Crippen LogP contribution in [-0.4, -0.2) is 18.2 Å². The Morgan fingerprint density at radius 3 is 2.22 bits per heavy atom. The van der Waals surface area contributed by atoms with Crippen LogP contribution in [-0.2, 0) is 0 Å². The number of anilines is 1. The molecular formula is C19H22N2S2. The van der Waals surface area contributed by atoms with Gasteiger partial charge in [-0.3, -0.25) is 4.99 Å². The van der Waals surface area contributed by atoms with Gasteiger partial charge in [-0.2, -0.15) is 0 Å². The molecule has 2 rings (SSSR count). The molecule has 23 heavy (non-hydrogen) atoms. The summed E-state index contributed by atoms with van der Waals surface area (Å²) in [5, 5.41) is 3.46. The monoisotopic (exact) mass is 342 g/mol. The zero-order valence-corrected chi connectivity index (χ0v) is 15.6. The third-order valence-electron chi connectivity index (χ3n) is 3.25. The van der Waals surface area contributed by atoms with E-state index in [1.807, 2.05) is 25.1 Å². The Morgan fingerprint density at radius 1 is 0.913 bits per heavy atom. The van der Waals surface area contributed by atoms with Gasteiger partial charge in [0.1, 0.15) is 0 Å². The van der Waals surface area contributed by atoms with Crippen molar-refractivity contribution >= 4 is 40.6 Å². The van der Waals surface area contributed by atoms with E-state index in [1.165, 1.54) is 9.79 Å². The fourth-order valence-corrected chi connectivity index (χ4v) is 3.35. The summed E-state index contributed by atoms with van der Waals surface area (Å²) >= 11 is 3.46. The summed E-state index contributed by atoms with van der Waals surface area (Å²) in [4.78, 5) is 7.16. The van der Waals surface area contributed by atoms with E-state index in [2.05, 4.69) is 61.2 Å². The number of allylic oxidation sites excluding steroid dienone is 2. The van der Waals surface area contributed by atoms with Crippen molar-refractivity contribution in [2.75, 3.05) is 17.8 Å². The lowest BCUT2D eigenvalue weighted by molar-refractivity contribution is 1.32. The lowest BCUT2D eigenvalue weighted by Gasteiger charge is -2.10. The molecule has 0 spiro atoms. The number of hydrogen-bond acceptors (Lipinski definition) is 4. The van der Waals surface area contributed by atoms with Crippen LogP contribution in [0.1, 0.15) is 13.8 Å². The number of thioether (sulfide) groups is 2. The van der Waals surface area contributed by atoms with Crippen molar-refractivity contribution in [2.45, 2.75) is 23.6 Å². The average molecular weight is 343 g/mol. The predicted molar refractivity (Wildman–Crippen MR) is 107 cm³/mol. The Balaban J connectivity index is 2.18. The summed E-state index contributed by atoms with van der Waals surface area (Å²) in [6.07, 6.45) is 6.24. The van der Waals surface area contributed by atoms with Crippen LogP contribution in [0.4, 0.5) is 11.4 Å². The summed E-state index contributed by atoms with van der Waals surface area (Å²) < 4.78 is 0. The SMILES string of the molecule is CSc1ccccc1N=C(C)/C=C(/C)Nc1ccccc1SC. The Labute approximate surface area is 147 Å². The zero-order valence-electron chi connectivity index (χ0n) is 14.0. The molecular weight excluding hydrogens is 320 g/mol. The quantitative estimate of drug-likeness (QED) is 0.497. The van der Waals surface area contributed by atoms with E-state index < -0.39 is 0 Å². The summed E-state index contributed by atoms with van der Waals surface area (Å²) in [6.45, 7) is 4.10. The highest BCUT2D eigenvalue weighted by Gasteiger charge is 2.01. The van der Waals surface area contributed by atoms with Gasteiger partial charge in [0, 0.05) is 21.2 Å². The molecule has 0 aliphatic heterocycles. The second-order valence-corrected chi connectivity index (χ2v) is 6.77. The standard InChI is InChI=1S/C19H22N2S2/c1-14(20-16-9-5-7-11-18(16)22-3)13-15(2)21-17-10-6-8-12-19(17)23-4/h5-13,20H,1-4H3/b14-13-,21-15?. The van der Waals surface area contributed by atoms with Crippen LogP contribution in [0.15, 0.2) is 75.1 Å². The molecule has 4 heteroatoms. The van der Waals surface area contributed by atoms with E-state index in [-0.39, 0.29) is 0 Å². The molecule has 0 saturated heterocycles. The van der Waals surface area contributed by atoms with Gasteiger partial charge in [-0.1, -0.05) is 24.3 Å². The van der Waals surface area contributed by atoms with Gasteiger partial charge >= 0.3 is 0 Å². The third kappa shape index (κ3) is 5.19. The Kier molecular flexibility index (Phi) is 6.81. The number of rotatable bonds is 6. The van der Waals surface area contributed by atoms with Gasteiger partial charge < -0.3 is 5.32 Å². The molecule has 0 unspecified atom stereocenters. The third-order valence-corrected chi connectivity index (χ3v) is 4.83. The number of aliphatic imine (C=N–C) groups is 1. The number of hydrogen-bond donors (Lipinski definition) is 1. The number of para-hydroxylation sites is 2. The fraction of sp³-hybridized carbons (Fsp3) is 0.211. The number of nitrogens with zero attached hydrogens (tertiary/aromatic N) is 1. The molecule has 0 radical (unpaired) electrons. The summed E-state index contributed by atoms with van der Waals surface area (Å²) in [6, 6.07) is 16.5. The Hall–Kier alpha value is -1.65. The first-order valence-electron chi connectivity index (χ1n) is 7.40. The molecule has 2 nitrogen and oxygen atoms in total. The lowest BCUT2D eigenvalue weighted by atomic mass is 10.2. The molecule has 0 saturated carbocycles. The van der Waals surface area contributed by atoms with Crippen LogP contribution in [0.3, 0.4) is 0 Å². The van der Waals surface area contributed by atoms with Crippen LogP contribution in [0.25, 0.3) is 0 Å². The van der Waals surface area contributed by atoms with Crippen molar-refractivity contribution in [1.29, 1.82) is 0 Å². The van der Waals surface area contributed by atoms with Gasteiger partial charge in [0.05, 0.1) is 11.4 Å². The Bertz CT molecular complexity index is 721. The molecule has 120 valence electrons. The predicted octanol–water partition coefficient (Wildman–Crippen LogP) is 6.24. The maximum Gasteiger partial charge on any atom is 0.0768 e. The number of benzene rings is 2. The van der Waals surface area contributed by atoms with Crippen LogP contribution in [0.5, 0.6) is 0 Å². The van der Waals surface area contributed by atoms with E-state index >= 15 is 0 Å². The second kappa shape index (κ2) is 8.85. The van der Waals surface area contributed by atoms with Gasteiger partial charge in [-0.15, -0.1) is 23.5 Å². The molecule has 0 bridgehead atoms. The van der Waals surface area contributed by atoms with Crippen molar-refractivity contribution in [3.05, 3.63) is 60.3 Å². The van der Waals surface area contributed by atoms with Crippen LogP contribution in [0.2, 0.25) is 0 Å². The minimum absolute atomic E-state index is 0.984. The second-order valence-electron chi connectivity index (χ2n) is 5.08. The minimum Gasteiger partial charge on any atom is -0.358 e. The molecule has 0 heterocycles. The molecule has 0 atom stereocenters. The highest BCUT2D eigenvalue weighted by atomic mass is 32.2. The molecule has 0 aromatic heterocycles. The van der Waals surface area contributed by atoms with Gasteiger partial charge in [0.25, 0.3) is 0 Å². The Morgan fingerprint density at radius 2 is 1.52 bits per heavy atom. The van der Waals surface area contributed by atoms with E-state index in [0.29, 0.717) is 0 Å². The van der Waals surface area contributed by atoms with Crippen LogP contribution >= 0.6 is 23.5 Å². The maximum atomic E-state index is 4.73. The minimum atomic E-state index is 0.984. The van der Waals surface area contributed by atoms with Crippen molar-refractivity contribution in [3.8, 4) is 0 Å². The zero-order chi connectivity index (χ0) is 16.7. The van der Waals surface area contributed by atoms with E-state index in [1.54, 1.807) is 23.5 Å². The van der Waals surface area contributed by atoms with Crippen LogP contribution in [0, 0.1) is 0 Å². The number of nitrogens with one attached hydrogen (secondary N) is 1. The van der Waals surface area contributed by atoms with Crippen LogP contribution < -0.4 is 5.32 Å². The van der Waals surface area contributed by atoms with Crippen molar-refractivity contribution in [2.24, 2.45) is 4.99 Å². The average Bonchev–Trinajstić information content (AvgIpc) is 2.55.